The summed E-state index contributed by atoms with van der Waals surface area (Å²) >= 11 is 0. The Kier molecular flexibility index (Phi) is 5.70. The average molecular weight is 463 g/mol. The monoisotopic (exact) mass is 463 g/mol. The van der Waals surface area contributed by atoms with Crippen molar-refractivity contribution in [3.63, 3.8) is 0 Å². The van der Waals surface area contributed by atoms with E-state index in [4.69, 9.17) is 15.2 Å². The van der Waals surface area contributed by atoms with Gasteiger partial charge in [-0.15, -0.1) is 0 Å². The minimum absolute atomic E-state index is 0.139. The van der Waals surface area contributed by atoms with E-state index in [0.29, 0.717) is 48.8 Å². The predicted octanol–water partition coefficient (Wildman–Crippen LogP) is 3.09. The fraction of sp³-hybridized carbons (Fsp3) is 0.250. The zero-order valence-electron chi connectivity index (χ0n) is 18.2. The molecule has 0 atom stereocenters. The van der Waals surface area contributed by atoms with Crippen molar-refractivity contribution in [2.75, 3.05) is 25.2 Å². The number of likely N-dealkylation sites (tertiary alicyclic amines) is 1. The number of fused-ring (bicyclic) bond motifs is 1. The molecule has 0 aliphatic carbocycles. The first-order valence-electron chi connectivity index (χ1n) is 10.9. The van der Waals surface area contributed by atoms with Crippen molar-refractivity contribution >= 4 is 23.3 Å². The fourth-order valence-electron chi connectivity index (χ4n) is 4.04. The molecule has 0 radical (unpaired) electrons. The Bertz CT molecular complexity index is 1260. The van der Waals surface area contributed by atoms with Crippen LogP contribution in [0, 0.1) is 11.7 Å². The Morgan fingerprint density at radius 3 is 2.62 bits per heavy atom. The number of hydrogen-bond acceptors (Lipinski definition) is 7. The van der Waals surface area contributed by atoms with Gasteiger partial charge in [0.1, 0.15) is 17.2 Å². The van der Waals surface area contributed by atoms with Gasteiger partial charge in [0, 0.05) is 30.8 Å². The Morgan fingerprint density at radius 1 is 1.09 bits per heavy atom. The van der Waals surface area contributed by atoms with Gasteiger partial charge in [-0.05, 0) is 43.2 Å². The molecule has 9 nitrogen and oxygen atoms in total. The summed E-state index contributed by atoms with van der Waals surface area (Å²) < 4.78 is 25.2. The highest BCUT2D eigenvalue weighted by Gasteiger charge is 2.29. The van der Waals surface area contributed by atoms with E-state index >= 15 is 0 Å². The summed E-state index contributed by atoms with van der Waals surface area (Å²) in [6.45, 7) is 0.907. The van der Waals surface area contributed by atoms with Crippen molar-refractivity contribution in [3.05, 3.63) is 60.0 Å². The van der Waals surface area contributed by atoms with Gasteiger partial charge in [0.15, 0.2) is 17.3 Å². The second-order valence-electron chi connectivity index (χ2n) is 8.10. The third-order valence-electron chi connectivity index (χ3n) is 5.96. The van der Waals surface area contributed by atoms with Crippen LogP contribution in [0.5, 0.6) is 11.5 Å². The van der Waals surface area contributed by atoms with E-state index in [1.165, 1.54) is 12.3 Å². The molecule has 0 unspecified atom stereocenters. The van der Waals surface area contributed by atoms with Crippen LogP contribution in [0.15, 0.2) is 48.7 Å². The molecule has 2 aliphatic rings. The minimum atomic E-state index is -0.480. The first-order valence-corrected chi connectivity index (χ1v) is 10.9. The van der Waals surface area contributed by atoms with E-state index in [2.05, 4.69) is 15.3 Å². The number of halogens is 1. The molecule has 3 aromatic rings. The molecule has 174 valence electrons. The molecule has 34 heavy (non-hydrogen) atoms. The average Bonchev–Trinajstić information content (AvgIpc) is 3.33. The number of primary amides is 1. The number of aromatic nitrogens is 2. The van der Waals surface area contributed by atoms with E-state index in [0.717, 1.165) is 0 Å². The first-order chi connectivity index (χ1) is 16.5. The second kappa shape index (κ2) is 8.97. The van der Waals surface area contributed by atoms with E-state index in [1.54, 1.807) is 41.3 Å². The number of nitrogens with one attached hydrogen (secondary N) is 1. The van der Waals surface area contributed by atoms with Crippen molar-refractivity contribution in [3.8, 4) is 22.9 Å². The van der Waals surface area contributed by atoms with Gasteiger partial charge in [0.25, 0.3) is 5.91 Å². The number of hydrogen-bond donors (Lipinski definition) is 2. The van der Waals surface area contributed by atoms with Crippen LogP contribution in [-0.2, 0) is 4.79 Å². The lowest BCUT2D eigenvalue weighted by Crippen LogP contribution is -2.42. The van der Waals surface area contributed by atoms with Crippen LogP contribution in [0.25, 0.3) is 11.4 Å². The van der Waals surface area contributed by atoms with Gasteiger partial charge in [-0.2, -0.15) is 0 Å². The smallest absolute Gasteiger partial charge is 0.259 e. The number of anilines is 2. The van der Waals surface area contributed by atoms with Crippen LogP contribution in [0.1, 0.15) is 23.2 Å². The highest BCUT2D eigenvalue weighted by Crippen LogP contribution is 2.35. The van der Waals surface area contributed by atoms with Gasteiger partial charge >= 0.3 is 0 Å². The molecule has 0 saturated carbocycles. The van der Waals surface area contributed by atoms with Crippen LogP contribution < -0.4 is 20.5 Å². The van der Waals surface area contributed by atoms with Gasteiger partial charge < -0.3 is 25.4 Å². The van der Waals surface area contributed by atoms with Gasteiger partial charge in [-0.1, -0.05) is 12.1 Å². The quantitative estimate of drug-likeness (QED) is 0.597. The summed E-state index contributed by atoms with van der Waals surface area (Å²) in [7, 11) is 0. The minimum Gasteiger partial charge on any atom is -0.454 e. The molecule has 0 bridgehead atoms. The first kappa shape index (κ1) is 21.6. The zero-order valence-corrected chi connectivity index (χ0v) is 18.2. The summed E-state index contributed by atoms with van der Waals surface area (Å²) in [5.41, 5.74) is 6.44. The Balaban J connectivity index is 1.48. The van der Waals surface area contributed by atoms with E-state index in [9.17, 15) is 14.0 Å². The lowest BCUT2D eigenvalue weighted by molar-refractivity contribution is -0.123. The van der Waals surface area contributed by atoms with Crippen LogP contribution in [0.2, 0.25) is 0 Å². The molecular formula is C24H22FN5O4. The number of amides is 2. The van der Waals surface area contributed by atoms with Crippen LogP contribution >= 0.6 is 0 Å². The summed E-state index contributed by atoms with van der Waals surface area (Å²) in [4.78, 5) is 35.4. The Hall–Kier alpha value is -4.21. The Morgan fingerprint density at radius 2 is 1.85 bits per heavy atom. The topological polar surface area (TPSA) is 120 Å². The van der Waals surface area contributed by atoms with Crippen molar-refractivity contribution in [2.45, 2.75) is 12.8 Å². The number of carbonyl (C=O) groups excluding carboxylic acids is 2. The van der Waals surface area contributed by atoms with Crippen LogP contribution in [-0.4, -0.2) is 46.6 Å². The number of ether oxygens (including phenoxy) is 2. The van der Waals surface area contributed by atoms with Crippen molar-refractivity contribution in [1.29, 1.82) is 0 Å². The number of benzene rings is 2. The standard InChI is InChI=1S/C24H22FN5O4/c25-17-3-1-2-4-18(17)28-23-16(24(32)30-9-7-14(8-10-30)21(26)31)12-27-22(29-23)15-5-6-19-20(11-15)34-13-33-19/h1-6,11-12,14H,7-10,13H2,(H2,26,31)(H,27,28,29). The highest BCUT2D eigenvalue weighted by atomic mass is 19.1. The van der Waals surface area contributed by atoms with E-state index in [1.807, 2.05) is 0 Å². The molecule has 2 amide bonds. The molecule has 1 aromatic heterocycles. The SMILES string of the molecule is NC(=O)C1CCN(C(=O)c2cnc(-c3ccc4c(c3)OCO4)nc2Nc2ccccc2F)CC1. The molecule has 3 heterocycles. The predicted molar refractivity (Wildman–Crippen MR) is 121 cm³/mol. The Labute approximate surface area is 194 Å². The fourth-order valence-corrected chi connectivity index (χ4v) is 4.04. The van der Waals surface area contributed by atoms with E-state index < -0.39 is 5.82 Å². The number of rotatable bonds is 5. The third kappa shape index (κ3) is 4.21. The summed E-state index contributed by atoms with van der Waals surface area (Å²) in [6.07, 6.45) is 2.42. The number of nitrogens with zero attached hydrogens (tertiary/aromatic N) is 3. The van der Waals surface area contributed by atoms with Crippen molar-refractivity contribution in [2.24, 2.45) is 11.7 Å². The van der Waals surface area contributed by atoms with E-state index in [-0.39, 0.29) is 41.6 Å². The van der Waals surface area contributed by atoms with Crippen LogP contribution in [0.3, 0.4) is 0 Å². The number of para-hydroxylation sites is 1. The molecule has 1 fully saturated rings. The molecular weight excluding hydrogens is 441 g/mol. The summed E-state index contributed by atoms with van der Waals surface area (Å²) in [5, 5.41) is 2.95. The number of piperidine rings is 1. The lowest BCUT2D eigenvalue weighted by atomic mass is 9.96. The second-order valence-corrected chi connectivity index (χ2v) is 8.10. The normalized spacial score (nSPS) is 15.3. The summed E-state index contributed by atoms with van der Waals surface area (Å²) in [6, 6.07) is 11.4. The number of nitrogens with two attached hydrogens (primary N) is 1. The lowest BCUT2D eigenvalue weighted by Gasteiger charge is -2.31. The highest BCUT2D eigenvalue weighted by molar-refractivity contribution is 5.99. The molecule has 1 saturated heterocycles. The molecule has 0 spiro atoms. The third-order valence-corrected chi connectivity index (χ3v) is 5.96. The molecule has 2 aliphatic heterocycles. The van der Waals surface area contributed by atoms with Crippen LogP contribution in [0.4, 0.5) is 15.9 Å². The van der Waals surface area contributed by atoms with Gasteiger partial charge in [0.2, 0.25) is 12.7 Å². The van der Waals surface area contributed by atoms with Gasteiger partial charge in [-0.25, -0.2) is 14.4 Å². The van der Waals surface area contributed by atoms with Crippen molar-refractivity contribution < 1.29 is 23.5 Å². The maximum atomic E-state index is 14.4. The largest absolute Gasteiger partial charge is 0.454 e. The van der Waals surface area contributed by atoms with Gasteiger partial charge in [-0.3, -0.25) is 9.59 Å². The molecule has 10 heteroatoms. The zero-order chi connectivity index (χ0) is 23.7. The number of carbonyl (C=O) groups is 2. The maximum Gasteiger partial charge on any atom is 0.259 e. The van der Waals surface area contributed by atoms with Crippen molar-refractivity contribution in [1.82, 2.24) is 14.9 Å². The molecule has 2 aromatic carbocycles. The summed E-state index contributed by atoms with van der Waals surface area (Å²) in [5.74, 6) is 0.318. The molecule has 5 rings (SSSR count). The molecule has 3 N–H and O–H groups in total. The van der Waals surface area contributed by atoms with Gasteiger partial charge in [0.05, 0.1) is 5.69 Å². The maximum absolute atomic E-state index is 14.4.